The molecule has 1 atom stereocenters. The summed E-state index contributed by atoms with van der Waals surface area (Å²) in [6, 6.07) is 16.9. The van der Waals surface area contributed by atoms with Crippen molar-refractivity contribution >= 4 is 11.6 Å². The Bertz CT molecular complexity index is 740. The second kappa shape index (κ2) is 9.69. The van der Waals surface area contributed by atoms with Gasteiger partial charge in [-0.05, 0) is 42.2 Å². The van der Waals surface area contributed by atoms with Crippen LogP contribution >= 0.6 is 0 Å². The molecule has 1 aliphatic rings. The van der Waals surface area contributed by atoms with E-state index in [4.69, 9.17) is 0 Å². The minimum Gasteiger partial charge on any atom is -0.360 e. The third-order valence-electron chi connectivity index (χ3n) is 5.32. The number of anilines is 1. The van der Waals surface area contributed by atoms with Crippen LogP contribution in [0.4, 0.5) is 10.1 Å². The fraction of sp³-hybridized carbons (Fsp3) is 0.435. The molecule has 0 aliphatic carbocycles. The van der Waals surface area contributed by atoms with Crippen molar-refractivity contribution in [3.8, 4) is 0 Å². The van der Waals surface area contributed by atoms with Gasteiger partial charge in [0.15, 0.2) is 6.54 Å². The van der Waals surface area contributed by atoms with Crippen LogP contribution < -0.4 is 15.1 Å². The first kappa shape index (κ1) is 20.3. The molecule has 0 unspecified atom stereocenters. The van der Waals surface area contributed by atoms with Crippen LogP contribution in [0.25, 0.3) is 0 Å². The molecule has 3 rings (SSSR count). The first-order valence-electron chi connectivity index (χ1n) is 10.2. The molecule has 1 amide bonds. The number of amides is 1. The van der Waals surface area contributed by atoms with Gasteiger partial charge in [0.25, 0.3) is 5.91 Å². The van der Waals surface area contributed by atoms with Gasteiger partial charge < -0.3 is 15.1 Å². The molecule has 1 heterocycles. The number of nitrogens with one attached hydrogen (secondary N) is 2. The summed E-state index contributed by atoms with van der Waals surface area (Å²) in [5.41, 5.74) is 2.21. The van der Waals surface area contributed by atoms with Crippen LogP contribution in [0.5, 0.6) is 0 Å². The number of halogens is 1. The SMILES string of the molecule is CC(C)C[C@H](NC(=O)C[NH+]1CCN(c2ccc(F)cc2)CC1)c1ccccc1. The zero-order valence-corrected chi connectivity index (χ0v) is 16.8. The highest BCUT2D eigenvalue weighted by molar-refractivity contribution is 5.77. The number of carbonyl (C=O) groups is 1. The Morgan fingerprint density at radius 3 is 2.32 bits per heavy atom. The van der Waals surface area contributed by atoms with Crippen molar-refractivity contribution in [3.05, 3.63) is 66.0 Å². The molecule has 1 saturated heterocycles. The van der Waals surface area contributed by atoms with Crippen LogP contribution in [0.15, 0.2) is 54.6 Å². The lowest BCUT2D eigenvalue weighted by Gasteiger charge is -2.33. The van der Waals surface area contributed by atoms with E-state index in [9.17, 15) is 9.18 Å². The quantitative estimate of drug-likeness (QED) is 0.769. The Labute approximate surface area is 167 Å². The summed E-state index contributed by atoms with van der Waals surface area (Å²) in [6.07, 6.45) is 0.934. The van der Waals surface area contributed by atoms with Gasteiger partial charge >= 0.3 is 0 Å². The Kier molecular flexibility index (Phi) is 7.04. The minimum atomic E-state index is -0.209. The van der Waals surface area contributed by atoms with Crippen molar-refractivity contribution in [3.63, 3.8) is 0 Å². The number of piperazine rings is 1. The fourth-order valence-corrected chi connectivity index (χ4v) is 3.82. The molecular formula is C23H31FN3O+. The predicted molar refractivity (Wildman–Crippen MR) is 111 cm³/mol. The number of carbonyl (C=O) groups excluding carboxylic acids is 1. The molecule has 150 valence electrons. The second-order valence-electron chi connectivity index (χ2n) is 8.05. The molecule has 2 aromatic carbocycles. The Balaban J connectivity index is 1.51. The van der Waals surface area contributed by atoms with Crippen molar-refractivity contribution in [2.24, 2.45) is 5.92 Å². The van der Waals surface area contributed by atoms with Crippen molar-refractivity contribution in [2.75, 3.05) is 37.6 Å². The topological polar surface area (TPSA) is 36.8 Å². The molecule has 1 aliphatic heterocycles. The molecule has 4 nitrogen and oxygen atoms in total. The molecule has 0 spiro atoms. The van der Waals surface area contributed by atoms with Crippen LogP contribution in [-0.4, -0.2) is 38.6 Å². The van der Waals surface area contributed by atoms with Crippen molar-refractivity contribution < 1.29 is 14.1 Å². The maximum atomic E-state index is 13.1. The van der Waals surface area contributed by atoms with E-state index in [0.29, 0.717) is 12.5 Å². The Hall–Kier alpha value is -2.40. The molecule has 28 heavy (non-hydrogen) atoms. The Morgan fingerprint density at radius 1 is 1.07 bits per heavy atom. The first-order valence-corrected chi connectivity index (χ1v) is 10.2. The molecule has 0 bridgehead atoms. The normalized spacial score (nSPS) is 16.2. The summed E-state index contributed by atoms with van der Waals surface area (Å²) in [5, 5.41) is 3.25. The van der Waals surface area contributed by atoms with E-state index >= 15 is 0 Å². The first-order chi connectivity index (χ1) is 13.5. The van der Waals surface area contributed by atoms with Crippen molar-refractivity contribution in [1.29, 1.82) is 0 Å². The molecule has 0 radical (unpaired) electrons. The van der Waals surface area contributed by atoms with Crippen LogP contribution in [0.1, 0.15) is 31.9 Å². The monoisotopic (exact) mass is 384 g/mol. The molecular weight excluding hydrogens is 353 g/mol. The second-order valence-corrected chi connectivity index (χ2v) is 8.05. The van der Waals surface area contributed by atoms with Crippen LogP contribution in [0, 0.1) is 11.7 Å². The number of rotatable bonds is 7. The summed E-state index contributed by atoms with van der Waals surface area (Å²) in [4.78, 5) is 16.2. The smallest absolute Gasteiger partial charge is 0.275 e. The number of hydrogen-bond donors (Lipinski definition) is 2. The average molecular weight is 385 g/mol. The van der Waals surface area contributed by atoms with Crippen LogP contribution in [-0.2, 0) is 4.79 Å². The highest BCUT2D eigenvalue weighted by Crippen LogP contribution is 2.20. The highest BCUT2D eigenvalue weighted by atomic mass is 19.1. The summed E-state index contributed by atoms with van der Waals surface area (Å²) < 4.78 is 13.1. The van der Waals surface area contributed by atoms with Crippen LogP contribution in [0.2, 0.25) is 0 Å². The summed E-state index contributed by atoms with van der Waals surface area (Å²) in [7, 11) is 0. The summed E-state index contributed by atoms with van der Waals surface area (Å²) in [6.45, 7) is 8.43. The summed E-state index contributed by atoms with van der Waals surface area (Å²) in [5.74, 6) is 0.413. The molecule has 0 aromatic heterocycles. The fourth-order valence-electron chi connectivity index (χ4n) is 3.82. The molecule has 2 aromatic rings. The van der Waals surface area contributed by atoms with Crippen molar-refractivity contribution in [2.45, 2.75) is 26.3 Å². The molecule has 1 fully saturated rings. The lowest BCUT2D eigenvalue weighted by molar-refractivity contribution is -0.892. The predicted octanol–water partition coefficient (Wildman–Crippen LogP) is 2.43. The average Bonchev–Trinajstić information content (AvgIpc) is 2.69. The van der Waals surface area contributed by atoms with Gasteiger partial charge in [0.05, 0.1) is 32.2 Å². The number of hydrogen-bond acceptors (Lipinski definition) is 2. The van der Waals surface area contributed by atoms with Gasteiger partial charge in [-0.25, -0.2) is 4.39 Å². The zero-order chi connectivity index (χ0) is 19.9. The molecule has 0 saturated carbocycles. The number of benzene rings is 2. The highest BCUT2D eigenvalue weighted by Gasteiger charge is 2.24. The maximum Gasteiger partial charge on any atom is 0.275 e. The summed E-state index contributed by atoms with van der Waals surface area (Å²) >= 11 is 0. The third kappa shape index (κ3) is 5.80. The van der Waals surface area contributed by atoms with Crippen molar-refractivity contribution in [1.82, 2.24) is 5.32 Å². The van der Waals surface area contributed by atoms with Gasteiger partial charge in [-0.2, -0.15) is 0 Å². The van der Waals surface area contributed by atoms with Gasteiger partial charge in [0.1, 0.15) is 5.82 Å². The third-order valence-corrected chi connectivity index (χ3v) is 5.32. The van der Waals surface area contributed by atoms with E-state index in [1.807, 2.05) is 30.3 Å². The van der Waals surface area contributed by atoms with Gasteiger partial charge in [-0.1, -0.05) is 44.2 Å². The van der Waals surface area contributed by atoms with Gasteiger partial charge in [-0.3, -0.25) is 4.79 Å². The zero-order valence-electron chi connectivity index (χ0n) is 16.8. The van der Waals surface area contributed by atoms with E-state index in [1.54, 1.807) is 0 Å². The maximum absolute atomic E-state index is 13.1. The van der Waals surface area contributed by atoms with Crippen LogP contribution in [0.3, 0.4) is 0 Å². The number of quaternary nitrogens is 1. The van der Waals surface area contributed by atoms with E-state index in [2.05, 4.69) is 36.2 Å². The lowest BCUT2D eigenvalue weighted by atomic mass is 9.97. The van der Waals surface area contributed by atoms with Gasteiger partial charge in [0.2, 0.25) is 0 Å². The number of nitrogens with zero attached hydrogens (tertiary/aromatic N) is 1. The largest absolute Gasteiger partial charge is 0.360 e. The van der Waals surface area contributed by atoms with Gasteiger partial charge in [0, 0.05) is 5.69 Å². The lowest BCUT2D eigenvalue weighted by Crippen LogP contribution is -3.16. The van der Waals surface area contributed by atoms with Gasteiger partial charge in [-0.15, -0.1) is 0 Å². The van der Waals surface area contributed by atoms with E-state index in [1.165, 1.54) is 22.6 Å². The van der Waals surface area contributed by atoms with E-state index < -0.39 is 0 Å². The molecule has 2 N–H and O–H groups in total. The molecule has 5 heteroatoms. The standard InChI is InChI=1S/C23H30FN3O/c1-18(2)16-22(19-6-4-3-5-7-19)25-23(28)17-26-12-14-27(15-13-26)21-10-8-20(24)9-11-21/h3-11,18,22H,12-17H2,1-2H3,(H,25,28)/p+1/t22-/m0/s1. The van der Waals surface area contributed by atoms with E-state index in [-0.39, 0.29) is 17.8 Å². The minimum absolute atomic E-state index is 0.0635. The Morgan fingerprint density at radius 2 is 1.71 bits per heavy atom. The van der Waals surface area contributed by atoms with E-state index in [0.717, 1.165) is 38.3 Å².